The first-order valence-electron chi connectivity index (χ1n) is 5.13. The highest BCUT2D eigenvalue weighted by atomic mass is 79.9. The summed E-state index contributed by atoms with van der Waals surface area (Å²) in [5, 5.41) is 10.9. The van der Waals surface area contributed by atoms with Gasteiger partial charge < -0.3 is 4.74 Å². The van der Waals surface area contributed by atoms with Crippen molar-refractivity contribution in [3.05, 3.63) is 62.7 Å². The van der Waals surface area contributed by atoms with Gasteiger partial charge in [-0.2, -0.15) is 0 Å². The predicted octanol–water partition coefficient (Wildman–Crippen LogP) is 3.33. The second kappa shape index (κ2) is 5.59. The highest BCUT2D eigenvalue weighted by Crippen LogP contribution is 2.27. The van der Waals surface area contributed by atoms with Crippen LogP contribution in [0.25, 0.3) is 0 Å². The van der Waals surface area contributed by atoms with E-state index in [-0.39, 0.29) is 18.2 Å². The third-order valence-corrected chi connectivity index (χ3v) is 2.65. The van der Waals surface area contributed by atoms with Gasteiger partial charge in [0.1, 0.15) is 6.61 Å². The number of nitro groups is 1. The Hall–Kier alpha value is -1.95. The van der Waals surface area contributed by atoms with Crippen LogP contribution in [-0.4, -0.2) is 9.91 Å². The van der Waals surface area contributed by atoms with Crippen LogP contribution in [0.1, 0.15) is 5.56 Å². The average Bonchev–Trinajstić information content (AvgIpc) is 2.38. The quantitative estimate of drug-likeness (QED) is 0.642. The van der Waals surface area contributed by atoms with Crippen molar-refractivity contribution in [1.82, 2.24) is 4.98 Å². The fourth-order valence-electron chi connectivity index (χ4n) is 1.38. The lowest BCUT2D eigenvalue weighted by molar-refractivity contribution is -0.386. The molecule has 0 spiro atoms. The Morgan fingerprint density at radius 2 is 2.06 bits per heavy atom. The van der Waals surface area contributed by atoms with E-state index in [0.717, 1.165) is 5.56 Å². The maximum atomic E-state index is 10.9. The van der Waals surface area contributed by atoms with Gasteiger partial charge in [-0.3, -0.25) is 10.1 Å². The molecule has 0 unspecified atom stereocenters. The van der Waals surface area contributed by atoms with Crippen molar-refractivity contribution in [1.29, 1.82) is 0 Å². The number of hydrogen-bond donors (Lipinski definition) is 0. The molecule has 0 radical (unpaired) electrons. The van der Waals surface area contributed by atoms with E-state index in [0.29, 0.717) is 4.47 Å². The molecule has 0 aliphatic rings. The molecule has 0 fully saturated rings. The Morgan fingerprint density at radius 3 is 2.72 bits per heavy atom. The number of ether oxygens (including phenoxy) is 1. The van der Waals surface area contributed by atoms with Crippen molar-refractivity contribution in [2.24, 2.45) is 0 Å². The van der Waals surface area contributed by atoms with E-state index >= 15 is 0 Å². The van der Waals surface area contributed by atoms with E-state index in [1.807, 2.05) is 30.3 Å². The van der Waals surface area contributed by atoms with Gasteiger partial charge in [-0.05, 0) is 21.5 Å². The van der Waals surface area contributed by atoms with Crippen LogP contribution in [0.3, 0.4) is 0 Å². The van der Waals surface area contributed by atoms with E-state index in [1.165, 1.54) is 12.3 Å². The zero-order valence-electron chi connectivity index (χ0n) is 9.25. The van der Waals surface area contributed by atoms with Gasteiger partial charge in [0.2, 0.25) is 0 Å². The molecule has 0 bridgehead atoms. The van der Waals surface area contributed by atoms with Crippen molar-refractivity contribution in [3.8, 4) is 5.88 Å². The number of benzene rings is 1. The van der Waals surface area contributed by atoms with E-state index < -0.39 is 4.92 Å². The van der Waals surface area contributed by atoms with Crippen LogP contribution in [0.4, 0.5) is 5.69 Å². The first kappa shape index (κ1) is 12.5. The van der Waals surface area contributed by atoms with Gasteiger partial charge in [0, 0.05) is 16.7 Å². The van der Waals surface area contributed by atoms with Crippen LogP contribution in [0.5, 0.6) is 5.88 Å². The molecule has 0 amide bonds. The molecule has 1 heterocycles. The monoisotopic (exact) mass is 308 g/mol. The summed E-state index contributed by atoms with van der Waals surface area (Å²) in [4.78, 5) is 14.2. The number of rotatable bonds is 4. The van der Waals surface area contributed by atoms with Crippen molar-refractivity contribution in [2.45, 2.75) is 6.61 Å². The lowest BCUT2D eigenvalue weighted by Crippen LogP contribution is -2.01. The van der Waals surface area contributed by atoms with Gasteiger partial charge in [-0.15, -0.1) is 0 Å². The second-order valence-corrected chi connectivity index (χ2v) is 4.42. The number of pyridine rings is 1. The van der Waals surface area contributed by atoms with Crippen molar-refractivity contribution < 1.29 is 9.66 Å². The minimum absolute atomic E-state index is 0.0204. The minimum Gasteiger partial charge on any atom is -0.468 e. The summed E-state index contributed by atoms with van der Waals surface area (Å²) in [6.45, 7) is 0.246. The molecule has 0 aliphatic heterocycles. The zero-order chi connectivity index (χ0) is 13.0. The second-order valence-electron chi connectivity index (χ2n) is 3.51. The Balaban J connectivity index is 2.17. The van der Waals surface area contributed by atoms with E-state index in [2.05, 4.69) is 20.9 Å². The van der Waals surface area contributed by atoms with Gasteiger partial charge in [0.15, 0.2) is 0 Å². The fourth-order valence-corrected chi connectivity index (χ4v) is 1.70. The smallest absolute Gasteiger partial charge is 0.332 e. The highest BCUT2D eigenvalue weighted by Gasteiger charge is 2.17. The average molecular weight is 309 g/mol. The molecule has 2 aromatic rings. The third kappa shape index (κ3) is 3.04. The lowest BCUT2D eigenvalue weighted by Gasteiger charge is -2.05. The molecule has 6 heteroatoms. The Labute approximate surface area is 112 Å². The molecule has 0 saturated carbocycles. The molecule has 0 N–H and O–H groups in total. The molecule has 0 saturated heterocycles. The van der Waals surface area contributed by atoms with E-state index in [4.69, 9.17) is 4.74 Å². The van der Waals surface area contributed by atoms with Crippen LogP contribution in [-0.2, 0) is 6.61 Å². The molecular formula is C12H9BrN2O3. The summed E-state index contributed by atoms with van der Waals surface area (Å²) < 4.78 is 5.91. The normalized spacial score (nSPS) is 10.1. The topological polar surface area (TPSA) is 65.3 Å². The minimum atomic E-state index is -0.516. The third-order valence-electron chi connectivity index (χ3n) is 2.21. The summed E-state index contributed by atoms with van der Waals surface area (Å²) >= 11 is 3.14. The zero-order valence-corrected chi connectivity index (χ0v) is 10.8. The SMILES string of the molecule is O=[N+]([O-])c1cc(Br)cnc1OCc1ccccc1. The molecule has 1 aromatic heterocycles. The first-order valence-corrected chi connectivity index (χ1v) is 5.93. The summed E-state index contributed by atoms with van der Waals surface area (Å²) in [5.74, 6) is 0.0204. The molecule has 1 aromatic carbocycles. The summed E-state index contributed by atoms with van der Waals surface area (Å²) in [7, 11) is 0. The van der Waals surface area contributed by atoms with Crippen LogP contribution in [0, 0.1) is 10.1 Å². The fraction of sp³-hybridized carbons (Fsp3) is 0.0833. The highest BCUT2D eigenvalue weighted by molar-refractivity contribution is 9.10. The van der Waals surface area contributed by atoms with Crippen molar-refractivity contribution in [2.75, 3.05) is 0 Å². The summed E-state index contributed by atoms with van der Waals surface area (Å²) in [5.41, 5.74) is 0.775. The Morgan fingerprint density at radius 1 is 1.33 bits per heavy atom. The lowest BCUT2D eigenvalue weighted by atomic mass is 10.2. The van der Waals surface area contributed by atoms with Gasteiger partial charge in [-0.25, -0.2) is 4.98 Å². The number of nitrogens with zero attached hydrogens (tertiary/aromatic N) is 2. The number of aromatic nitrogens is 1. The van der Waals surface area contributed by atoms with E-state index in [9.17, 15) is 10.1 Å². The van der Waals surface area contributed by atoms with Crippen LogP contribution in [0.15, 0.2) is 47.1 Å². The van der Waals surface area contributed by atoms with Gasteiger partial charge >= 0.3 is 5.69 Å². The molecular weight excluding hydrogens is 300 g/mol. The van der Waals surface area contributed by atoms with Gasteiger partial charge in [0.05, 0.1) is 4.92 Å². The van der Waals surface area contributed by atoms with Crippen molar-refractivity contribution >= 4 is 21.6 Å². The van der Waals surface area contributed by atoms with Crippen molar-refractivity contribution in [3.63, 3.8) is 0 Å². The molecule has 0 aliphatic carbocycles. The maximum absolute atomic E-state index is 10.9. The molecule has 18 heavy (non-hydrogen) atoms. The molecule has 92 valence electrons. The molecule has 5 nitrogen and oxygen atoms in total. The van der Waals surface area contributed by atoms with Crippen LogP contribution in [0.2, 0.25) is 0 Å². The molecule has 2 rings (SSSR count). The largest absolute Gasteiger partial charge is 0.468 e. The number of hydrogen-bond acceptors (Lipinski definition) is 4. The summed E-state index contributed by atoms with van der Waals surface area (Å²) in [6, 6.07) is 10.8. The van der Waals surface area contributed by atoms with Crippen LogP contribution >= 0.6 is 15.9 Å². The standard InChI is InChI=1S/C12H9BrN2O3/c13-10-6-11(15(16)17)12(14-7-10)18-8-9-4-2-1-3-5-9/h1-7H,8H2. The summed E-state index contributed by atoms with van der Waals surface area (Å²) in [6.07, 6.45) is 1.47. The Bertz CT molecular complexity index is 561. The molecule has 0 atom stereocenters. The van der Waals surface area contributed by atoms with Crippen LogP contribution < -0.4 is 4.74 Å². The van der Waals surface area contributed by atoms with E-state index in [1.54, 1.807) is 0 Å². The van der Waals surface area contributed by atoms with Gasteiger partial charge in [-0.1, -0.05) is 30.3 Å². The predicted molar refractivity (Wildman–Crippen MR) is 69.4 cm³/mol. The first-order chi connectivity index (χ1) is 8.66. The number of halogens is 1. The Kier molecular flexibility index (Phi) is 3.88. The van der Waals surface area contributed by atoms with Gasteiger partial charge in [0.25, 0.3) is 5.88 Å². The maximum Gasteiger partial charge on any atom is 0.332 e.